The van der Waals surface area contributed by atoms with Crippen LogP contribution in [-0.4, -0.2) is 49.8 Å². The standard InChI is InChI=1S/C25H37N3O5S/c1-3-21-25(30)27-20-14-17(2)23(15-22(20)33-21)34(31,32)28-13-9-10-18(16-28)24(29)26-19-11-7-5-4-6-8-12-19/h14-15,18-19,21H,3-13,16H2,1-2H3,(H,26,29)(H,27,30)/t18-,21+/m1/s1. The molecular weight excluding hydrogens is 454 g/mol. The lowest BCUT2D eigenvalue weighted by Crippen LogP contribution is -2.47. The maximum atomic E-state index is 13.6. The van der Waals surface area contributed by atoms with Gasteiger partial charge in [-0.3, -0.25) is 9.59 Å². The fraction of sp³-hybridized carbons (Fsp3) is 0.680. The zero-order valence-corrected chi connectivity index (χ0v) is 21.1. The van der Waals surface area contributed by atoms with Crippen molar-refractivity contribution in [2.75, 3.05) is 18.4 Å². The highest BCUT2D eigenvalue weighted by atomic mass is 32.2. The van der Waals surface area contributed by atoms with Crippen LogP contribution in [0.15, 0.2) is 17.0 Å². The molecule has 1 saturated carbocycles. The molecule has 1 saturated heterocycles. The van der Waals surface area contributed by atoms with Gasteiger partial charge in [0.1, 0.15) is 5.75 Å². The lowest BCUT2D eigenvalue weighted by molar-refractivity contribution is -0.127. The van der Waals surface area contributed by atoms with Crippen LogP contribution in [-0.2, 0) is 19.6 Å². The minimum absolute atomic E-state index is 0.0236. The van der Waals surface area contributed by atoms with Gasteiger partial charge in [0.15, 0.2) is 6.10 Å². The van der Waals surface area contributed by atoms with E-state index >= 15 is 0 Å². The van der Waals surface area contributed by atoms with Crippen molar-refractivity contribution in [3.8, 4) is 5.75 Å². The van der Waals surface area contributed by atoms with Crippen molar-refractivity contribution in [1.29, 1.82) is 0 Å². The number of hydrogen-bond donors (Lipinski definition) is 2. The Morgan fingerprint density at radius 1 is 1.12 bits per heavy atom. The second-order valence-electron chi connectivity index (χ2n) is 9.87. The van der Waals surface area contributed by atoms with E-state index < -0.39 is 16.1 Å². The first-order valence-corrected chi connectivity index (χ1v) is 14.2. The summed E-state index contributed by atoms with van der Waals surface area (Å²) in [6.07, 6.45) is 9.18. The number of benzene rings is 1. The summed E-state index contributed by atoms with van der Waals surface area (Å²) in [5.74, 6) is -0.221. The van der Waals surface area contributed by atoms with Crippen LogP contribution in [0.3, 0.4) is 0 Å². The lowest BCUT2D eigenvalue weighted by Gasteiger charge is -2.33. The zero-order chi connectivity index (χ0) is 24.3. The third kappa shape index (κ3) is 5.40. The van der Waals surface area contributed by atoms with Gasteiger partial charge in [0, 0.05) is 25.2 Å². The quantitative estimate of drug-likeness (QED) is 0.653. The van der Waals surface area contributed by atoms with Gasteiger partial charge in [0.05, 0.1) is 16.5 Å². The molecule has 2 amide bonds. The number of rotatable bonds is 5. The maximum absolute atomic E-state index is 13.6. The van der Waals surface area contributed by atoms with E-state index in [9.17, 15) is 18.0 Å². The molecule has 4 rings (SSSR count). The second-order valence-corrected chi connectivity index (χ2v) is 11.8. The van der Waals surface area contributed by atoms with Gasteiger partial charge in [-0.25, -0.2) is 8.42 Å². The fourth-order valence-electron chi connectivity index (χ4n) is 5.26. The number of sulfonamides is 1. The van der Waals surface area contributed by atoms with E-state index in [2.05, 4.69) is 10.6 Å². The van der Waals surface area contributed by atoms with Gasteiger partial charge in [-0.2, -0.15) is 4.31 Å². The van der Waals surface area contributed by atoms with Gasteiger partial charge in [0.2, 0.25) is 15.9 Å². The molecule has 0 spiro atoms. The lowest BCUT2D eigenvalue weighted by atomic mass is 9.94. The van der Waals surface area contributed by atoms with Crippen LogP contribution in [0.1, 0.15) is 76.7 Å². The summed E-state index contributed by atoms with van der Waals surface area (Å²) in [7, 11) is -3.81. The molecule has 0 bridgehead atoms. The van der Waals surface area contributed by atoms with E-state index in [1.807, 2.05) is 6.92 Å². The number of nitrogens with zero attached hydrogens (tertiary/aromatic N) is 1. The molecule has 1 aromatic carbocycles. The molecule has 2 atom stereocenters. The summed E-state index contributed by atoms with van der Waals surface area (Å²) in [6, 6.07) is 3.36. The molecule has 0 unspecified atom stereocenters. The molecule has 2 N–H and O–H groups in total. The van der Waals surface area contributed by atoms with Crippen LogP contribution in [0.25, 0.3) is 0 Å². The number of piperidine rings is 1. The molecule has 1 aromatic rings. The van der Waals surface area contributed by atoms with Crippen LogP contribution in [0.2, 0.25) is 0 Å². The molecular formula is C25H37N3O5S. The highest BCUT2D eigenvalue weighted by molar-refractivity contribution is 7.89. The van der Waals surface area contributed by atoms with E-state index in [0.717, 1.165) is 25.7 Å². The monoisotopic (exact) mass is 491 g/mol. The number of fused-ring (bicyclic) bond motifs is 1. The summed E-state index contributed by atoms with van der Waals surface area (Å²) in [6.45, 7) is 4.14. The Hall–Kier alpha value is -2.13. The minimum Gasteiger partial charge on any atom is -0.478 e. The Balaban J connectivity index is 1.48. The van der Waals surface area contributed by atoms with Crippen LogP contribution in [0, 0.1) is 12.8 Å². The van der Waals surface area contributed by atoms with E-state index in [-0.39, 0.29) is 35.2 Å². The van der Waals surface area contributed by atoms with E-state index in [0.29, 0.717) is 42.8 Å². The van der Waals surface area contributed by atoms with Crippen molar-refractivity contribution in [3.63, 3.8) is 0 Å². The van der Waals surface area contributed by atoms with Crippen molar-refractivity contribution < 1.29 is 22.7 Å². The highest BCUT2D eigenvalue weighted by Gasteiger charge is 2.36. The number of anilines is 1. The van der Waals surface area contributed by atoms with Crippen molar-refractivity contribution in [2.45, 2.75) is 95.1 Å². The number of ether oxygens (including phenoxy) is 1. The molecule has 188 valence electrons. The Morgan fingerprint density at radius 3 is 2.53 bits per heavy atom. The van der Waals surface area contributed by atoms with Crippen LogP contribution < -0.4 is 15.4 Å². The van der Waals surface area contributed by atoms with Crippen LogP contribution in [0.5, 0.6) is 5.75 Å². The normalized spacial score (nSPS) is 24.8. The predicted molar refractivity (Wildman–Crippen MR) is 130 cm³/mol. The summed E-state index contributed by atoms with van der Waals surface area (Å²) >= 11 is 0. The largest absolute Gasteiger partial charge is 0.478 e. The Morgan fingerprint density at radius 2 is 1.82 bits per heavy atom. The van der Waals surface area contributed by atoms with Crippen molar-refractivity contribution in [2.24, 2.45) is 5.92 Å². The van der Waals surface area contributed by atoms with Gasteiger partial charge in [-0.1, -0.05) is 39.0 Å². The Kier molecular flexibility index (Phi) is 7.82. The predicted octanol–water partition coefficient (Wildman–Crippen LogP) is 3.73. The zero-order valence-electron chi connectivity index (χ0n) is 20.3. The van der Waals surface area contributed by atoms with Gasteiger partial charge in [-0.15, -0.1) is 0 Å². The molecule has 1 aliphatic carbocycles. The molecule has 9 heteroatoms. The number of hydrogen-bond acceptors (Lipinski definition) is 5. The average molecular weight is 492 g/mol. The maximum Gasteiger partial charge on any atom is 0.265 e. The van der Waals surface area contributed by atoms with Crippen LogP contribution >= 0.6 is 0 Å². The number of amides is 2. The summed E-state index contributed by atoms with van der Waals surface area (Å²) in [4.78, 5) is 25.3. The summed E-state index contributed by atoms with van der Waals surface area (Å²) in [5, 5.41) is 6.02. The van der Waals surface area contributed by atoms with E-state index in [1.165, 1.54) is 29.6 Å². The molecule has 2 heterocycles. The minimum atomic E-state index is -3.81. The van der Waals surface area contributed by atoms with Crippen molar-refractivity contribution in [3.05, 3.63) is 17.7 Å². The van der Waals surface area contributed by atoms with Crippen LogP contribution in [0.4, 0.5) is 5.69 Å². The number of aryl methyl sites for hydroxylation is 1. The van der Waals surface area contributed by atoms with Gasteiger partial charge >= 0.3 is 0 Å². The van der Waals surface area contributed by atoms with E-state index in [1.54, 1.807) is 13.0 Å². The highest BCUT2D eigenvalue weighted by Crippen LogP contribution is 2.36. The SMILES string of the molecule is CC[C@@H]1Oc2cc(S(=O)(=O)N3CCC[C@@H](C(=O)NC4CCCCCCC4)C3)c(C)cc2NC1=O. The second kappa shape index (κ2) is 10.6. The topological polar surface area (TPSA) is 105 Å². The number of carbonyl (C=O) groups is 2. The first-order chi connectivity index (χ1) is 16.3. The summed E-state index contributed by atoms with van der Waals surface area (Å²) in [5.41, 5.74) is 1.03. The molecule has 2 aliphatic heterocycles. The Bertz CT molecular complexity index is 1020. The Labute approximate surface area is 202 Å². The average Bonchev–Trinajstić information content (AvgIpc) is 2.80. The van der Waals surface area contributed by atoms with Gasteiger partial charge in [-0.05, 0) is 50.7 Å². The van der Waals surface area contributed by atoms with Gasteiger partial charge in [0.25, 0.3) is 5.91 Å². The first-order valence-electron chi connectivity index (χ1n) is 12.7. The van der Waals surface area contributed by atoms with Gasteiger partial charge < -0.3 is 15.4 Å². The number of carbonyl (C=O) groups excluding carboxylic acids is 2. The molecule has 0 aromatic heterocycles. The molecule has 3 aliphatic rings. The third-order valence-corrected chi connectivity index (χ3v) is 9.30. The first kappa shape index (κ1) is 25.0. The molecule has 0 radical (unpaired) electrons. The van der Waals surface area contributed by atoms with Crippen molar-refractivity contribution >= 4 is 27.5 Å². The fourth-order valence-corrected chi connectivity index (χ4v) is 7.01. The van der Waals surface area contributed by atoms with Crippen molar-refractivity contribution in [1.82, 2.24) is 9.62 Å². The molecule has 2 fully saturated rings. The summed E-state index contributed by atoms with van der Waals surface area (Å²) < 4.78 is 34.4. The smallest absolute Gasteiger partial charge is 0.265 e. The molecule has 8 nitrogen and oxygen atoms in total. The van der Waals surface area contributed by atoms with E-state index in [4.69, 9.17) is 4.74 Å². The number of nitrogens with one attached hydrogen (secondary N) is 2. The molecule has 34 heavy (non-hydrogen) atoms. The third-order valence-electron chi connectivity index (χ3n) is 7.29.